The minimum absolute atomic E-state index is 0.237. The van der Waals surface area contributed by atoms with Crippen LogP contribution in [0, 0.1) is 0 Å². The number of para-hydroxylation sites is 1. The molecule has 0 atom stereocenters. The third kappa shape index (κ3) is 5.22. The second-order valence-corrected chi connectivity index (χ2v) is 5.18. The molecule has 0 spiro atoms. The lowest BCUT2D eigenvalue weighted by Crippen LogP contribution is -2.18. The van der Waals surface area contributed by atoms with Crippen LogP contribution < -0.4 is 14.9 Å². The highest BCUT2D eigenvalue weighted by molar-refractivity contribution is 6.32. The van der Waals surface area contributed by atoms with Gasteiger partial charge in [-0.05, 0) is 35.9 Å². The van der Waals surface area contributed by atoms with Crippen molar-refractivity contribution >= 4 is 29.7 Å². The molecular weight excluding hydrogens is 348 g/mol. The summed E-state index contributed by atoms with van der Waals surface area (Å²) in [5.41, 5.74) is 3.36. The van der Waals surface area contributed by atoms with Gasteiger partial charge in [-0.15, -0.1) is 0 Å². The minimum atomic E-state index is -1.10. The summed E-state index contributed by atoms with van der Waals surface area (Å²) in [4.78, 5) is 22.6. The van der Waals surface area contributed by atoms with Crippen molar-refractivity contribution in [3.63, 3.8) is 0 Å². The van der Waals surface area contributed by atoms with E-state index in [0.29, 0.717) is 16.9 Å². The molecule has 2 aromatic rings. The molecule has 25 heavy (non-hydrogen) atoms. The number of aliphatic carboxylic acids is 1. The molecule has 0 aliphatic rings. The Kier molecular flexibility index (Phi) is 6.36. The normalized spacial score (nSPS) is 10.5. The maximum absolute atomic E-state index is 12.1. The molecule has 2 aromatic carbocycles. The summed E-state index contributed by atoms with van der Waals surface area (Å²) < 4.78 is 10.1. The van der Waals surface area contributed by atoms with Gasteiger partial charge in [-0.3, -0.25) is 4.79 Å². The van der Waals surface area contributed by atoms with Crippen molar-refractivity contribution in [2.45, 2.75) is 0 Å². The highest BCUT2D eigenvalue weighted by Gasteiger charge is 2.10. The van der Waals surface area contributed by atoms with Gasteiger partial charge in [-0.1, -0.05) is 23.7 Å². The maximum atomic E-state index is 12.1. The summed E-state index contributed by atoms with van der Waals surface area (Å²) in [7, 11) is 1.48. The predicted molar refractivity (Wildman–Crippen MR) is 92.6 cm³/mol. The quantitative estimate of drug-likeness (QED) is 0.582. The molecule has 0 aromatic heterocycles. The van der Waals surface area contributed by atoms with E-state index in [1.54, 1.807) is 30.3 Å². The van der Waals surface area contributed by atoms with Crippen LogP contribution in [0.2, 0.25) is 5.02 Å². The largest absolute Gasteiger partial charge is 0.496 e. The molecule has 0 saturated carbocycles. The highest BCUT2D eigenvalue weighted by Crippen LogP contribution is 2.24. The number of methoxy groups -OCH3 is 1. The fourth-order valence-electron chi connectivity index (χ4n) is 1.91. The van der Waals surface area contributed by atoms with E-state index in [4.69, 9.17) is 26.2 Å². The Morgan fingerprint density at radius 3 is 2.68 bits per heavy atom. The Balaban J connectivity index is 2.01. The molecular formula is C17H15ClN2O5. The lowest BCUT2D eigenvalue weighted by atomic mass is 10.2. The van der Waals surface area contributed by atoms with E-state index in [1.165, 1.54) is 25.5 Å². The molecule has 0 radical (unpaired) electrons. The summed E-state index contributed by atoms with van der Waals surface area (Å²) in [6, 6.07) is 11.5. The van der Waals surface area contributed by atoms with Crippen LogP contribution in [-0.2, 0) is 4.79 Å². The Labute approximate surface area is 148 Å². The molecule has 0 bridgehead atoms. The van der Waals surface area contributed by atoms with Crippen LogP contribution in [0.25, 0.3) is 0 Å². The minimum Gasteiger partial charge on any atom is -0.496 e. The molecule has 0 aliphatic heterocycles. The van der Waals surface area contributed by atoms with E-state index in [1.807, 2.05) is 0 Å². The first kappa shape index (κ1) is 18.3. The Bertz CT molecular complexity index is 807. The molecule has 1 amide bonds. The molecule has 2 N–H and O–H groups in total. The average molecular weight is 363 g/mol. The van der Waals surface area contributed by atoms with Crippen molar-refractivity contribution in [1.82, 2.24) is 5.43 Å². The zero-order valence-electron chi connectivity index (χ0n) is 13.2. The van der Waals surface area contributed by atoms with Crippen LogP contribution in [0.5, 0.6) is 11.5 Å². The topological polar surface area (TPSA) is 97.2 Å². The maximum Gasteiger partial charge on any atom is 0.341 e. The zero-order valence-corrected chi connectivity index (χ0v) is 14.0. The number of carboxylic acid groups (broad SMARTS) is 1. The van der Waals surface area contributed by atoms with E-state index < -0.39 is 18.5 Å². The number of carboxylic acids is 1. The molecule has 130 valence electrons. The van der Waals surface area contributed by atoms with Gasteiger partial charge in [0.25, 0.3) is 5.91 Å². The van der Waals surface area contributed by atoms with Gasteiger partial charge in [0.2, 0.25) is 0 Å². The van der Waals surface area contributed by atoms with Crippen LogP contribution >= 0.6 is 11.6 Å². The van der Waals surface area contributed by atoms with E-state index in [9.17, 15) is 9.59 Å². The number of carbonyl (C=O) groups is 2. The summed E-state index contributed by atoms with van der Waals surface area (Å²) in [6.45, 7) is -0.484. The average Bonchev–Trinajstić information content (AvgIpc) is 2.60. The second-order valence-electron chi connectivity index (χ2n) is 4.77. The van der Waals surface area contributed by atoms with Gasteiger partial charge in [0.15, 0.2) is 6.61 Å². The lowest BCUT2D eigenvalue weighted by Gasteiger charge is -2.07. The summed E-state index contributed by atoms with van der Waals surface area (Å²) >= 11 is 6.01. The van der Waals surface area contributed by atoms with Gasteiger partial charge in [0.05, 0.1) is 23.9 Å². The Morgan fingerprint density at radius 1 is 1.24 bits per heavy atom. The van der Waals surface area contributed by atoms with Crippen molar-refractivity contribution in [1.29, 1.82) is 0 Å². The number of nitrogens with zero attached hydrogens (tertiary/aromatic N) is 1. The number of benzene rings is 2. The lowest BCUT2D eigenvalue weighted by molar-refractivity contribution is -0.139. The molecule has 8 heteroatoms. The van der Waals surface area contributed by atoms with E-state index in [2.05, 4.69) is 10.5 Å². The van der Waals surface area contributed by atoms with Gasteiger partial charge >= 0.3 is 5.97 Å². The zero-order chi connectivity index (χ0) is 18.2. The molecule has 0 heterocycles. The number of hydrogen-bond donors (Lipinski definition) is 2. The summed E-state index contributed by atoms with van der Waals surface area (Å²) in [5, 5.41) is 12.7. The second kappa shape index (κ2) is 8.70. The highest BCUT2D eigenvalue weighted by atomic mass is 35.5. The first-order valence-electron chi connectivity index (χ1n) is 7.12. The van der Waals surface area contributed by atoms with E-state index >= 15 is 0 Å². The van der Waals surface area contributed by atoms with Gasteiger partial charge in [0, 0.05) is 0 Å². The number of carbonyl (C=O) groups excluding carboxylic acids is 1. The van der Waals surface area contributed by atoms with E-state index in [0.717, 1.165) is 0 Å². The first-order chi connectivity index (χ1) is 12.0. The van der Waals surface area contributed by atoms with Gasteiger partial charge in [0.1, 0.15) is 11.5 Å². The third-order valence-corrected chi connectivity index (χ3v) is 3.33. The van der Waals surface area contributed by atoms with Crippen LogP contribution in [0.15, 0.2) is 47.6 Å². The van der Waals surface area contributed by atoms with Crippen LogP contribution in [0.4, 0.5) is 0 Å². The molecule has 0 saturated heterocycles. The van der Waals surface area contributed by atoms with Crippen LogP contribution in [0.3, 0.4) is 0 Å². The third-order valence-electron chi connectivity index (χ3n) is 3.04. The summed E-state index contributed by atoms with van der Waals surface area (Å²) in [6.07, 6.45) is 1.40. The van der Waals surface area contributed by atoms with Crippen molar-refractivity contribution < 1.29 is 24.2 Å². The Morgan fingerprint density at radius 2 is 2.00 bits per heavy atom. The molecule has 2 rings (SSSR count). The van der Waals surface area contributed by atoms with Crippen LogP contribution in [0.1, 0.15) is 15.9 Å². The van der Waals surface area contributed by atoms with Crippen molar-refractivity contribution in [3.05, 3.63) is 58.6 Å². The molecule has 0 unspecified atom stereocenters. The van der Waals surface area contributed by atoms with Gasteiger partial charge in [-0.2, -0.15) is 5.10 Å². The molecule has 7 nitrogen and oxygen atoms in total. The van der Waals surface area contributed by atoms with Gasteiger partial charge < -0.3 is 14.6 Å². The predicted octanol–water partition coefficient (Wildman–Crippen LogP) is 2.58. The number of hydrogen-bond acceptors (Lipinski definition) is 5. The van der Waals surface area contributed by atoms with Crippen molar-refractivity contribution in [3.8, 4) is 11.5 Å². The molecule has 0 aliphatic carbocycles. The van der Waals surface area contributed by atoms with E-state index in [-0.39, 0.29) is 10.8 Å². The monoisotopic (exact) mass is 362 g/mol. The number of amides is 1. The fraction of sp³-hybridized carbons (Fsp3) is 0.118. The standard InChI is InChI=1S/C17H15ClN2O5/c1-24-14-5-3-2-4-12(14)17(23)20-19-9-11-6-7-15(13(18)8-11)25-10-16(21)22/h2-9H,10H2,1H3,(H,20,23)(H,21,22)/b19-9-. The fourth-order valence-corrected chi connectivity index (χ4v) is 2.16. The van der Waals surface area contributed by atoms with Gasteiger partial charge in [-0.25, -0.2) is 10.2 Å². The number of nitrogens with one attached hydrogen (secondary N) is 1. The van der Waals surface area contributed by atoms with Crippen molar-refractivity contribution in [2.24, 2.45) is 5.10 Å². The SMILES string of the molecule is COc1ccccc1C(=O)N/N=C\c1ccc(OCC(=O)O)c(Cl)c1. The number of halogens is 1. The number of rotatable bonds is 7. The Hall–Kier alpha value is -3.06. The smallest absolute Gasteiger partial charge is 0.341 e. The first-order valence-corrected chi connectivity index (χ1v) is 7.49. The summed E-state index contributed by atoms with van der Waals surface area (Å²) in [5.74, 6) is -0.820. The van der Waals surface area contributed by atoms with Crippen molar-refractivity contribution in [2.75, 3.05) is 13.7 Å². The van der Waals surface area contributed by atoms with Crippen LogP contribution in [-0.4, -0.2) is 36.9 Å². The molecule has 0 fully saturated rings. The number of ether oxygens (including phenoxy) is 2. The number of hydrazone groups is 1.